The quantitative estimate of drug-likeness (QED) is 0.354. The highest BCUT2D eigenvalue weighted by Gasteiger charge is 2.31. The number of rotatable bonds is 6. The number of aliphatic imine (C=N–C) groups is 1. The van der Waals surface area contributed by atoms with Crippen LogP contribution in [0.15, 0.2) is 48.2 Å². The molecule has 0 aromatic carbocycles. The minimum Gasteiger partial charge on any atom is -0.380 e. The van der Waals surface area contributed by atoms with Gasteiger partial charge in [-0.3, -0.25) is 9.67 Å². The van der Waals surface area contributed by atoms with E-state index >= 15 is 0 Å². The molecule has 2 amide bonds. The van der Waals surface area contributed by atoms with Gasteiger partial charge in [0.1, 0.15) is 0 Å². The summed E-state index contributed by atoms with van der Waals surface area (Å²) >= 11 is 0. The monoisotopic (exact) mass is 528 g/mol. The van der Waals surface area contributed by atoms with Gasteiger partial charge in [-0.1, -0.05) is 0 Å². The SMILES string of the molecule is C=NCc1cnn2cc(-c3cnn(C)c3)cc(-c3cnc(N4CCN(C(=O)N5CC[C@H](OC)C5)CC4)nc3)c12. The minimum atomic E-state index is 0.0913. The highest BCUT2D eigenvalue weighted by atomic mass is 16.5. The minimum absolute atomic E-state index is 0.0913. The number of urea groups is 1. The van der Waals surface area contributed by atoms with Crippen LogP contribution in [-0.4, -0.2) is 104 Å². The normalized spacial score (nSPS) is 17.8. The van der Waals surface area contributed by atoms with Crippen molar-refractivity contribution < 1.29 is 9.53 Å². The largest absolute Gasteiger partial charge is 0.380 e. The van der Waals surface area contributed by atoms with Gasteiger partial charge >= 0.3 is 6.03 Å². The zero-order valence-electron chi connectivity index (χ0n) is 22.3. The first-order chi connectivity index (χ1) is 19.0. The molecule has 6 rings (SSSR count). The van der Waals surface area contributed by atoms with Crippen molar-refractivity contribution in [2.24, 2.45) is 12.0 Å². The molecule has 202 valence electrons. The second-order valence-electron chi connectivity index (χ2n) is 10.0. The highest BCUT2D eigenvalue weighted by molar-refractivity contribution is 5.85. The van der Waals surface area contributed by atoms with Gasteiger partial charge in [-0.05, 0) is 19.2 Å². The van der Waals surface area contributed by atoms with Crippen molar-refractivity contribution in [2.75, 3.05) is 51.3 Å². The van der Waals surface area contributed by atoms with Crippen LogP contribution in [0.2, 0.25) is 0 Å². The molecule has 2 aliphatic heterocycles. The molecule has 6 heterocycles. The Hall–Kier alpha value is -4.32. The van der Waals surface area contributed by atoms with Crippen molar-refractivity contribution >= 4 is 24.2 Å². The molecular weight excluding hydrogens is 496 g/mol. The molecule has 39 heavy (non-hydrogen) atoms. The fourth-order valence-corrected chi connectivity index (χ4v) is 5.39. The van der Waals surface area contributed by atoms with E-state index in [2.05, 4.69) is 32.9 Å². The maximum absolute atomic E-state index is 12.9. The van der Waals surface area contributed by atoms with Crippen molar-refractivity contribution in [2.45, 2.75) is 19.1 Å². The molecule has 4 aromatic rings. The number of fused-ring (bicyclic) bond motifs is 1. The lowest BCUT2D eigenvalue weighted by Crippen LogP contribution is -2.53. The van der Waals surface area contributed by atoms with Crippen molar-refractivity contribution in [3.63, 3.8) is 0 Å². The van der Waals surface area contributed by atoms with E-state index in [1.54, 1.807) is 11.8 Å². The summed E-state index contributed by atoms with van der Waals surface area (Å²) in [5.74, 6) is 0.660. The Bertz CT molecular complexity index is 1490. The molecule has 0 unspecified atom stereocenters. The Labute approximate surface area is 226 Å². The van der Waals surface area contributed by atoms with E-state index in [4.69, 9.17) is 14.7 Å². The molecule has 2 saturated heterocycles. The van der Waals surface area contributed by atoms with Gasteiger partial charge in [0.05, 0.1) is 30.6 Å². The number of carbonyl (C=O) groups is 1. The number of methoxy groups -OCH3 is 1. The lowest BCUT2D eigenvalue weighted by Gasteiger charge is -2.36. The molecule has 2 aliphatic rings. The maximum atomic E-state index is 12.9. The number of carbonyl (C=O) groups excluding carboxylic acids is 1. The molecular formula is C27H32N10O2. The first kappa shape index (κ1) is 25.0. The van der Waals surface area contributed by atoms with Crippen LogP contribution in [0, 0.1) is 0 Å². The predicted octanol–water partition coefficient (Wildman–Crippen LogP) is 2.36. The predicted molar refractivity (Wildman–Crippen MR) is 148 cm³/mol. The Kier molecular flexibility index (Phi) is 6.69. The Morgan fingerprint density at radius 2 is 1.79 bits per heavy atom. The van der Waals surface area contributed by atoms with Crippen LogP contribution in [0.3, 0.4) is 0 Å². The third-order valence-corrected chi connectivity index (χ3v) is 7.54. The lowest BCUT2D eigenvalue weighted by molar-refractivity contribution is 0.105. The fraction of sp³-hybridized carbons (Fsp3) is 0.407. The Balaban J connectivity index is 1.22. The summed E-state index contributed by atoms with van der Waals surface area (Å²) in [5, 5.41) is 8.90. The number of hydrogen-bond donors (Lipinski definition) is 0. The average molecular weight is 529 g/mol. The summed E-state index contributed by atoms with van der Waals surface area (Å²) in [5.41, 5.74) is 5.78. The van der Waals surface area contributed by atoms with Crippen LogP contribution in [-0.2, 0) is 18.3 Å². The number of aromatic nitrogens is 6. The summed E-state index contributed by atoms with van der Waals surface area (Å²) < 4.78 is 9.06. The number of amides is 2. The number of aryl methyl sites for hydroxylation is 1. The van der Waals surface area contributed by atoms with E-state index in [9.17, 15) is 4.79 Å². The van der Waals surface area contributed by atoms with Gasteiger partial charge in [-0.25, -0.2) is 19.3 Å². The molecule has 0 N–H and O–H groups in total. The lowest BCUT2D eigenvalue weighted by atomic mass is 10.0. The molecule has 0 bridgehead atoms. The van der Waals surface area contributed by atoms with E-state index in [1.807, 2.05) is 58.5 Å². The van der Waals surface area contributed by atoms with Crippen molar-refractivity contribution in [1.29, 1.82) is 0 Å². The topological polar surface area (TPSA) is 109 Å². The molecule has 0 spiro atoms. The Morgan fingerprint density at radius 1 is 1.00 bits per heavy atom. The van der Waals surface area contributed by atoms with E-state index in [-0.39, 0.29) is 12.1 Å². The van der Waals surface area contributed by atoms with Crippen molar-refractivity contribution in [1.82, 2.24) is 39.2 Å². The zero-order valence-corrected chi connectivity index (χ0v) is 22.3. The first-order valence-corrected chi connectivity index (χ1v) is 13.1. The second-order valence-corrected chi connectivity index (χ2v) is 10.0. The van der Waals surface area contributed by atoms with E-state index in [0.717, 1.165) is 46.3 Å². The average Bonchev–Trinajstić information content (AvgIpc) is 3.73. The molecule has 2 fully saturated rings. The third-order valence-electron chi connectivity index (χ3n) is 7.54. The summed E-state index contributed by atoms with van der Waals surface area (Å²) in [6.07, 6.45) is 12.4. The number of pyridine rings is 1. The van der Waals surface area contributed by atoms with Gasteiger partial charge in [0, 0.05) is 106 Å². The summed E-state index contributed by atoms with van der Waals surface area (Å²) in [4.78, 5) is 32.4. The highest BCUT2D eigenvalue weighted by Crippen LogP contribution is 2.32. The van der Waals surface area contributed by atoms with Gasteiger partial charge < -0.3 is 19.4 Å². The smallest absolute Gasteiger partial charge is 0.320 e. The molecule has 0 radical (unpaired) electrons. The summed E-state index contributed by atoms with van der Waals surface area (Å²) in [7, 11) is 3.60. The van der Waals surface area contributed by atoms with Crippen molar-refractivity contribution in [3.05, 3.63) is 48.8 Å². The van der Waals surface area contributed by atoms with Gasteiger partial charge in [0.25, 0.3) is 0 Å². The molecule has 12 heteroatoms. The van der Waals surface area contributed by atoms with E-state index in [1.165, 1.54) is 0 Å². The molecule has 1 atom stereocenters. The summed E-state index contributed by atoms with van der Waals surface area (Å²) in [6.45, 7) is 8.19. The Morgan fingerprint density at radius 3 is 2.46 bits per heavy atom. The number of piperazine rings is 1. The molecule has 4 aromatic heterocycles. The van der Waals surface area contributed by atoms with Gasteiger partial charge in [0.2, 0.25) is 5.95 Å². The van der Waals surface area contributed by atoms with E-state index in [0.29, 0.717) is 45.2 Å². The molecule has 0 aliphatic carbocycles. The van der Waals surface area contributed by atoms with Crippen LogP contribution >= 0.6 is 0 Å². The number of hydrogen-bond acceptors (Lipinski definition) is 8. The number of anilines is 1. The number of likely N-dealkylation sites (tertiary alicyclic amines) is 1. The fourth-order valence-electron chi connectivity index (χ4n) is 5.39. The third kappa shape index (κ3) is 4.83. The van der Waals surface area contributed by atoms with Crippen LogP contribution in [0.25, 0.3) is 27.8 Å². The van der Waals surface area contributed by atoms with Gasteiger partial charge in [-0.15, -0.1) is 0 Å². The standard InChI is InChI=1S/C27H32N10O2/c1-28-11-21-14-32-37-17-19(22-15-31-33(2)16-22)10-24(25(21)37)20-12-29-26(30-13-20)34-6-8-35(9-7-34)27(38)36-5-4-23(18-36)39-3/h10,12-17,23H,1,4-9,11,18H2,2-3H3/t23-/m0/s1. The maximum Gasteiger partial charge on any atom is 0.320 e. The van der Waals surface area contributed by atoms with Gasteiger partial charge in [0.15, 0.2) is 0 Å². The van der Waals surface area contributed by atoms with E-state index < -0.39 is 0 Å². The first-order valence-electron chi connectivity index (χ1n) is 13.1. The molecule has 12 nitrogen and oxygen atoms in total. The van der Waals surface area contributed by atoms with Crippen LogP contribution < -0.4 is 4.90 Å². The molecule has 0 saturated carbocycles. The zero-order chi connectivity index (χ0) is 26.9. The summed E-state index contributed by atoms with van der Waals surface area (Å²) in [6, 6.07) is 2.21. The number of ether oxygens (including phenoxy) is 1. The van der Waals surface area contributed by atoms with Crippen LogP contribution in [0.1, 0.15) is 12.0 Å². The van der Waals surface area contributed by atoms with Crippen LogP contribution in [0.4, 0.5) is 10.7 Å². The van der Waals surface area contributed by atoms with Crippen molar-refractivity contribution in [3.8, 4) is 22.3 Å². The van der Waals surface area contributed by atoms with Crippen LogP contribution in [0.5, 0.6) is 0 Å². The second kappa shape index (κ2) is 10.4. The van der Waals surface area contributed by atoms with Gasteiger partial charge in [-0.2, -0.15) is 10.2 Å². The number of nitrogens with zero attached hydrogens (tertiary/aromatic N) is 10.